The van der Waals surface area contributed by atoms with Gasteiger partial charge in [-0.15, -0.1) is 11.3 Å². The fourth-order valence-corrected chi connectivity index (χ4v) is 3.52. The molecule has 24 heavy (non-hydrogen) atoms. The van der Waals surface area contributed by atoms with Gasteiger partial charge in [0.15, 0.2) is 5.13 Å². The molecule has 1 aromatic heterocycles. The molecule has 0 bridgehead atoms. The fraction of sp³-hybridized carbons (Fsp3) is 0.158. The average Bonchev–Trinajstić information content (AvgIpc) is 3.05. The van der Waals surface area contributed by atoms with E-state index >= 15 is 0 Å². The van der Waals surface area contributed by atoms with Crippen molar-refractivity contribution >= 4 is 38.3 Å². The third kappa shape index (κ3) is 3.91. The Morgan fingerprint density at radius 1 is 1.17 bits per heavy atom. The minimum Gasteiger partial charge on any atom is -0.301 e. The predicted octanol–water partition coefficient (Wildman–Crippen LogP) is 5.70. The third-order valence-electron chi connectivity index (χ3n) is 3.80. The minimum absolute atomic E-state index is 0.0135. The quantitative estimate of drug-likeness (QED) is 0.596. The number of carbonyl (C=O) groups excluding carboxylic acids is 1. The van der Waals surface area contributed by atoms with Crippen LogP contribution in [-0.4, -0.2) is 10.9 Å². The number of hydrogen-bond donors (Lipinski definition) is 1. The molecule has 5 heteroatoms. The highest BCUT2D eigenvalue weighted by Crippen LogP contribution is 2.27. The number of hydrogen-bond acceptors (Lipinski definition) is 3. The molecule has 0 saturated heterocycles. The zero-order valence-corrected chi connectivity index (χ0v) is 15.6. The fourth-order valence-electron chi connectivity index (χ4n) is 2.53. The Balaban J connectivity index is 1.74. The summed E-state index contributed by atoms with van der Waals surface area (Å²) in [5.41, 5.74) is 2.93. The highest BCUT2D eigenvalue weighted by Gasteiger charge is 2.19. The summed E-state index contributed by atoms with van der Waals surface area (Å²) in [7, 11) is 0. The van der Waals surface area contributed by atoms with Crippen LogP contribution in [0, 0.1) is 0 Å². The number of nitrogens with zero attached hydrogens (tertiary/aromatic N) is 1. The molecular weight excluding hydrogens is 384 g/mol. The Labute approximate surface area is 153 Å². The Bertz CT molecular complexity index is 815. The number of anilines is 1. The van der Waals surface area contributed by atoms with Crippen LogP contribution in [0.4, 0.5) is 5.13 Å². The molecule has 1 atom stereocenters. The number of aromatic nitrogens is 1. The second kappa shape index (κ2) is 7.73. The molecule has 2 aromatic carbocycles. The Kier molecular flexibility index (Phi) is 5.43. The van der Waals surface area contributed by atoms with Gasteiger partial charge in [-0.25, -0.2) is 4.98 Å². The smallest absolute Gasteiger partial charge is 0.233 e. The molecule has 3 nitrogen and oxygen atoms in total. The molecule has 0 aliphatic carbocycles. The van der Waals surface area contributed by atoms with E-state index in [9.17, 15) is 4.79 Å². The largest absolute Gasteiger partial charge is 0.301 e. The van der Waals surface area contributed by atoms with Crippen molar-refractivity contribution in [3.8, 4) is 11.3 Å². The first-order chi connectivity index (χ1) is 11.7. The first-order valence-electron chi connectivity index (χ1n) is 7.74. The van der Waals surface area contributed by atoms with Gasteiger partial charge in [-0.1, -0.05) is 65.3 Å². The second-order valence-electron chi connectivity index (χ2n) is 5.41. The highest BCUT2D eigenvalue weighted by atomic mass is 79.9. The number of benzene rings is 2. The van der Waals surface area contributed by atoms with Crippen molar-refractivity contribution in [3.63, 3.8) is 0 Å². The summed E-state index contributed by atoms with van der Waals surface area (Å²) in [5.74, 6) is -0.174. The van der Waals surface area contributed by atoms with Crippen molar-refractivity contribution < 1.29 is 4.79 Å². The Morgan fingerprint density at radius 3 is 2.54 bits per heavy atom. The first kappa shape index (κ1) is 16.9. The summed E-state index contributed by atoms with van der Waals surface area (Å²) in [6.07, 6.45) is 0.751. The number of thiazole rings is 1. The summed E-state index contributed by atoms with van der Waals surface area (Å²) < 4.78 is 1.03. The zero-order valence-electron chi connectivity index (χ0n) is 13.2. The molecule has 1 N–H and O–H groups in total. The van der Waals surface area contributed by atoms with E-state index in [4.69, 9.17) is 0 Å². The molecule has 0 saturated carbocycles. The molecule has 0 radical (unpaired) electrons. The van der Waals surface area contributed by atoms with Crippen LogP contribution >= 0.6 is 27.3 Å². The molecule has 0 fully saturated rings. The van der Waals surface area contributed by atoms with Gasteiger partial charge in [0.05, 0.1) is 11.6 Å². The molecule has 3 rings (SSSR count). The topological polar surface area (TPSA) is 42.0 Å². The number of halogens is 1. The van der Waals surface area contributed by atoms with Crippen LogP contribution in [0.25, 0.3) is 11.3 Å². The van der Waals surface area contributed by atoms with Gasteiger partial charge in [-0.05, 0) is 24.1 Å². The molecule has 1 unspecified atom stereocenters. The molecule has 0 aliphatic heterocycles. The van der Waals surface area contributed by atoms with Crippen molar-refractivity contribution in [3.05, 3.63) is 70.0 Å². The SMILES string of the molecule is CCC(C(=O)Nc1nc(-c2ccc(Br)cc2)cs1)c1ccccc1. The van der Waals surface area contributed by atoms with Crippen molar-refractivity contribution in [2.24, 2.45) is 0 Å². The monoisotopic (exact) mass is 400 g/mol. The van der Waals surface area contributed by atoms with Crippen LogP contribution in [-0.2, 0) is 4.79 Å². The van der Waals surface area contributed by atoms with E-state index in [-0.39, 0.29) is 11.8 Å². The summed E-state index contributed by atoms with van der Waals surface area (Å²) >= 11 is 4.87. The lowest BCUT2D eigenvalue weighted by Crippen LogP contribution is -2.20. The van der Waals surface area contributed by atoms with Crippen molar-refractivity contribution in [1.82, 2.24) is 4.98 Å². The molecule has 1 amide bonds. The standard InChI is InChI=1S/C19H17BrN2OS/c1-2-16(13-6-4-3-5-7-13)18(23)22-19-21-17(12-24-19)14-8-10-15(20)11-9-14/h3-12,16H,2H2,1H3,(H,21,22,23). The van der Waals surface area contributed by atoms with Crippen LogP contribution in [0.3, 0.4) is 0 Å². The Morgan fingerprint density at radius 2 is 1.88 bits per heavy atom. The molecule has 0 spiro atoms. The maximum absolute atomic E-state index is 12.6. The van der Waals surface area contributed by atoms with Gasteiger partial charge >= 0.3 is 0 Å². The predicted molar refractivity (Wildman–Crippen MR) is 103 cm³/mol. The molecule has 122 valence electrons. The van der Waals surface area contributed by atoms with Gasteiger partial charge in [0, 0.05) is 15.4 Å². The number of nitrogens with one attached hydrogen (secondary N) is 1. The molecule has 1 heterocycles. The van der Waals surface area contributed by atoms with Crippen molar-refractivity contribution in [2.45, 2.75) is 19.3 Å². The van der Waals surface area contributed by atoms with Crippen LogP contribution in [0.5, 0.6) is 0 Å². The van der Waals surface area contributed by atoms with E-state index in [1.165, 1.54) is 11.3 Å². The van der Waals surface area contributed by atoms with Crippen LogP contribution in [0.2, 0.25) is 0 Å². The second-order valence-corrected chi connectivity index (χ2v) is 7.18. The normalized spacial score (nSPS) is 11.9. The molecule has 0 aliphatic rings. The maximum atomic E-state index is 12.6. The summed E-state index contributed by atoms with van der Waals surface area (Å²) in [5, 5.41) is 5.54. The van der Waals surface area contributed by atoms with E-state index < -0.39 is 0 Å². The third-order valence-corrected chi connectivity index (χ3v) is 5.09. The number of carbonyl (C=O) groups is 1. The van der Waals surface area contributed by atoms with Gasteiger partial charge in [0.1, 0.15) is 0 Å². The van der Waals surface area contributed by atoms with Gasteiger partial charge < -0.3 is 5.32 Å². The van der Waals surface area contributed by atoms with E-state index in [0.29, 0.717) is 5.13 Å². The molecular formula is C19H17BrN2OS. The van der Waals surface area contributed by atoms with Gasteiger partial charge in [-0.3, -0.25) is 4.79 Å². The average molecular weight is 401 g/mol. The first-order valence-corrected chi connectivity index (χ1v) is 9.42. The Hall–Kier alpha value is -1.98. The zero-order chi connectivity index (χ0) is 16.9. The maximum Gasteiger partial charge on any atom is 0.233 e. The number of rotatable bonds is 5. The van der Waals surface area contributed by atoms with Gasteiger partial charge in [-0.2, -0.15) is 0 Å². The van der Waals surface area contributed by atoms with E-state index in [2.05, 4.69) is 26.2 Å². The number of amides is 1. The van der Waals surface area contributed by atoms with Crippen molar-refractivity contribution in [2.75, 3.05) is 5.32 Å². The van der Waals surface area contributed by atoms with E-state index in [0.717, 1.165) is 27.7 Å². The highest BCUT2D eigenvalue weighted by molar-refractivity contribution is 9.10. The summed E-state index contributed by atoms with van der Waals surface area (Å²) in [6, 6.07) is 17.8. The van der Waals surface area contributed by atoms with Gasteiger partial charge in [0.25, 0.3) is 0 Å². The lowest BCUT2D eigenvalue weighted by molar-refractivity contribution is -0.117. The van der Waals surface area contributed by atoms with Crippen LogP contribution in [0.1, 0.15) is 24.8 Å². The summed E-state index contributed by atoms with van der Waals surface area (Å²) in [4.78, 5) is 17.1. The van der Waals surface area contributed by atoms with Crippen LogP contribution in [0.15, 0.2) is 64.5 Å². The minimum atomic E-state index is -0.161. The van der Waals surface area contributed by atoms with Gasteiger partial charge in [0.2, 0.25) is 5.91 Å². The lowest BCUT2D eigenvalue weighted by Gasteiger charge is -2.14. The summed E-state index contributed by atoms with van der Waals surface area (Å²) in [6.45, 7) is 2.02. The van der Waals surface area contributed by atoms with Crippen LogP contribution < -0.4 is 5.32 Å². The van der Waals surface area contributed by atoms with E-state index in [1.807, 2.05) is 66.9 Å². The molecule has 3 aromatic rings. The van der Waals surface area contributed by atoms with E-state index in [1.54, 1.807) is 0 Å². The van der Waals surface area contributed by atoms with Crippen molar-refractivity contribution in [1.29, 1.82) is 0 Å². The lowest BCUT2D eigenvalue weighted by atomic mass is 9.96.